The van der Waals surface area contributed by atoms with Crippen molar-refractivity contribution in [1.29, 1.82) is 0 Å². The number of hydrogen-bond acceptors (Lipinski definition) is 3. The molecule has 4 aliphatic heterocycles. The average molecular weight is 1020 g/mol. The lowest BCUT2D eigenvalue weighted by Crippen LogP contribution is -2.38. The number of benzene rings is 12. The lowest BCUT2D eigenvalue weighted by Gasteiger charge is -2.47. The molecule has 78 heavy (non-hydrogen) atoms. The van der Waals surface area contributed by atoms with Crippen LogP contribution in [0.15, 0.2) is 323 Å². The van der Waals surface area contributed by atoms with Gasteiger partial charge in [-0.1, -0.05) is 243 Å². The van der Waals surface area contributed by atoms with Crippen molar-refractivity contribution in [1.82, 2.24) is 0 Å². The van der Waals surface area contributed by atoms with Crippen LogP contribution in [0.5, 0.6) is 0 Å². The second-order valence-corrected chi connectivity index (χ2v) is 24.6. The highest BCUT2D eigenvalue weighted by Crippen LogP contribution is 2.74. The minimum atomic E-state index is -4.43. The van der Waals surface area contributed by atoms with Gasteiger partial charge in [0.15, 0.2) is 0 Å². The fourth-order valence-electron chi connectivity index (χ4n) is 14.7. The van der Waals surface area contributed by atoms with Crippen LogP contribution in [-0.2, 0) is 19.9 Å². The molecule has 4 heteroatoms. The van der Waals surface area contributed by atoms with Crippen molar-refractivity contribution in [3.63, 3.8) is 0 Å². The highest BCUT2D eigenvalue weighted by Gasteiger charge is 2.60. The zero-order valence-electron chi connectivity index (χ0n) is 42.6. The summed E-state index contributed by atoms with van der Waals surface area (Å²) in [5.74, 6) is 0. The lowest BCUT2D eigenvalue weighted by atomic mass is 9.62. The zero-order chi connectivity index (χ0) is 51.7. The Balaban J connectivity index is 1.05. The van der Waals surface area contributed by atoms with E-state index in [1.807, 2.05) is 0 Å². The van der Waals surface area contributed by atoms with Crippen LogP contribution in [-0.4, -0.2) is 4.21 Å². The fourth-order valence-corrected chi connectivity index (χ4v) is 19.8. The topological polar surface area (TPSA) is 23.6 Å². The smallest absolute Gasteiger partial charge is 0.0742 e. The number of fused-ring (bicyclic) bond motifs is 14. The summed E-state index contributed by atoms with van der Waals surface area (Å²) in [5.41, 5.74) is 18.2. The van der Waals surface area contributed by atoms with E-state index in [9.17, 15) is 0 Å². The Hall–Kier alpha value is -9.61. The molecule has 0 radical (unpaired) electrons. The Morgan fingerprint density at radius 1 is 0.231 bits per heavy atom. The van der Waals surface area contributed by atoms with Crippen LogP contribution in [0.3, 0.4) is 0 Å². The monoisotopic (exact) mass is 1010 g/mol. The molecule has 1 spiro atoms. The second kappa shape index (κ2) is 16.4. The van der Waals surface area contributed by atoms with Crippen LogP contribution in [0.1, 0.15) is 44.5 Å². The first-order chi connectivity index (χ1) is 38.6. The molecule has 0 fully saturated rings. The normalized spacial score (nSPS) is 16.2. The molecule has 12 aromatic carbocycles. The van der Waals surface area contributed by atoms with Gasteiger partial charge in [0.25, 0.3) is 0 Å². The first-order valence-corrected chi connectivity index (χ1v) is 28.9. The van der Waals surface area contributed by atoms with E-state index in [1.165, 1.54) is 44.5 Å². The molecule has 0 bridgehead atoms. The third-order valence-corrected chi connectivity index (χ3v) is 22.3. The molecular weight excluding hydrogens is 965 g/mol. The van der Waals surface area contributed by atoms with Gasteiger partial charge >= 0.3 is 0 Å². The van der Waals surface area contributed by atoms with E-state index in [-0.39, 0.29) is 0 Å². The molecule has 368 valence electrons. The Bertz CT molecular complexity index is 4010. The molecule has 0 unspecified atom stereocenters. The summed E-state index contributed by atoms with van der Waals surface area (Å²) in [4.78, 5) is 8.32. The summed E-state index contributed by atoms with van der Waals surface area (Å²) >= 11 is 0. The van der Waals surface area contributed by atoms with Crippen LogP contribution in [0.4, 0.5) is 34.1 Å². The minimum Gasteiger partial charge on any atom is -0.309 e. The molecule has 4 aliphatic rings. The fraction of sp³-hybridized carbons (Fsp3) is 0.0270. The summed E-state index contributed by atoms with van der Waals surface area (Å²) in [5, 5.41) is 0. The van der Waals surface area contributed by atoms with E-state index in [4.69, 9.17) is 0 Å². The van der Waals surface area contributed by atoms with Gasteiger partial charge in [-0.2, -0.15) is 0 Å². The Labute approximate surface area is 455 Å². The summed E-state index contributed by atoms with van der Waals surface area (Å²) in [6, 6.07) is 110. The summed E-state index contributed by atoms with van der Waals surface area (Å²) < 4.78 is 18.8. The Morgan fingerprint density at radius 3 is 0.795 bits per heavy atom. The van der Waals surface area contributed by atoms with Gasteiger partial charge in [0.2, 0.25) is 0 Å². The molecule has 4 heterocycles. The van der Waals surface area contributed by atoms with Crippen molar-refractivity contribution in [2.75, 3.05) is 9.80 Å². The van der Waals surface area contributed by atoms with Gasteiger partial charge in [-0.3, -0.25) is 4.21 Å². The SMILES string of the molecule is O=S12(c3ccccc3-c3ccccc31)c1cccc(N3c4ccccc4C(c4ccccc4)(c4ccccc4)c4ccccc43)c1-c1c(N3c4ccccc4C(c4ccccc4)(c4ccccc4)c4ccccc43)cccc12. The maximum atomic E-state index is 18.8. The van der Waals surface area contributed by atoms with Crippen molar-refractivity contribution in [3.05, 3.63) is 348 Å². The van der Waals surface area contributed by atoms with Crippen molar-refractivity contribution in [2.24, 2.45) is 0 Å². The van der Waals surface area contributed by atoms with Crippen LogP contribution >= 0.6 is 0 Å². The Kier molecular flexibility index (Phi) is 9.42. The predicted octanol–water partition coefficient (Wildman–Crippen LogP) is 18.3. The molecule has 0 atom stereocenters. The van der Waals surface area contributed by atoms with E-state index in [0.717, 1.165) is 76.0 Å². The first kappa shape index (κ1) is 44.7. The molecule has 0 aliphatic carbocycles. The van der Waals surface area contributed by atoms with Gasteiger partial charge < -0.3 is 9.80 Å². The van der Waals surface area contributed by atoms with Gasteiger partial charge in [0.1, 0.15) is 0 Å². The van der Waals surface area contributed by atoms with Crippen molar-refractivity contribution in [3.8, 4) is 22.3 Å². The third-order valence-electron chi connectivity index (χ3n) is 17.5. The van der Waals surface area contributed by atoms with Gasteiger partial charge in [0.05, 0.1) is 45.0 Å². The molecule has 12 aromatic rings. The lowest BCUT2D eigenvalue weighted by molar-refractivity contribution is 0.658. The molecule has 3 nitrogen and oxygen atoms in total. The van der Waals surface area contributed by atoms with Crippen LogP contribution in [0.2, 0.25) is 0 Å². The van der Waals surface area contributed by atoms with Crippen molar-refractivity contribution >= 4 is 43.2 Å². The zero-order valence-corrected chi connectivity index (χ0v) is 43.4. The van der Waals surface area contributed by atoms with Crippen LogP contribution < -0.4 is 9.80 Å². The summed E-state index contributed by atoms with van der Waals surface area (Å²) in [7, 11) is -4.43. The van der Waals surface area contributed by atoms with Crippen molar-refractivity contribution in [2.45, 2.75) is 30.4 Å². The van der Waals surface area contributed by atoms with E-state index in [0.29, 0.717) is 0 Å². The van der Waals surface area contributed by atoms with Crippen molar-refractivity contribution < 1.29 is 4.21 Å². The first-order valence-electron chi connectivity index (χ1n) is 26.9. The van der Waals surface area contributed by atoms with E-state index in [1.54, 1.807) is 0 Å². The number of anilines is 6. The standard InChI is InChI=1S/C74H50N2OS/c77-78(67-47-23-13-35-55(67)56-36-14-24-48-68(56)78)69-49-25-45-65(75-61-41-19-15-37-57(61)73(51-27-5-1-6-28-51,52-29-7-2-8-30-52)58-38-16-20-42-62(58)75)71(69)72-66(46-26-50-70(72)78)76-63-43-21-17-39-59(63)74(53-31-9-3-10-32-53,54-33-11-4-12-34-54)60-40-18-22-44-64(60)76/h1-50H. The highest BCUT2D eigenvalue weighted by atomic mass is 32.3. The second-order valence-electron chi connectivity index (χ2n) is 20.9. The third kappa shape index (κ3) is 5.44. The molecular formula is C74H50N2OS. The molecule has 0 saturated heterocycles. The van der Waals surface area contributed by atoms with E-state index < -0.39 is 19.9 Å². The van der Waals surface area contributed by atoms with E-state index in [2.05, 4.69) is 313 Å². The number of hydrogen-bond donors (Lipinski definition) is 0. The average Bonchev–Trinajstić information content (AvgIpc) is 4.11. The van der Waals surface area contributed by atoms with E-state index >= 15 is 4.21 Å². The minimum absolute atomic E-state index is 0.671. The summed E-state index contributed by atoms with van der Waals surface area (Å²) in [6.07, 6.45) is 0. The van der Waals surface area contributed by atoms with Gasteiger partial charge in [-0.25, -0.2) is 0 Å². The quantitative estimate of drug-likeness (QED) is 0.166. The molecule has 0 saturated carbocycles. The maximum absolute atomic E-state index is 18.8. The van der Waals surface area contributed by atoms with Gasteiger partial charge in [-0.05, 0) is 116 Å². The van der Waals surface area contributed by atoms with Gasteiger partial charge in [-0.15, -0.1) is 0 Å². The van der Waals surface area contributed by atoms with Gasteiger partial charge in [0, 0.05) is 39.8 Å². The number of nitrogens with zero attached hydrogens (tertiary/aromatic N) is 2. The highest BCUT2D eigenvalue weighted by molar-refractivity contribution is 8.21. The number of rotatable bonds is 6. The summed E-state index contributed by atoms with van der Waals surface area (Å²) in [6.45, 7) is 0. The molecule has 0 N–H and O–H groups in total. The molecule has 0 amide bonds. The number of para-hydroxylation sites is 4. The molecule has 16 rings (SSSR count). The predicted molar refractivity (Wildman–Crippen MR) is 318 cm³/mol. The molecule has 0 aromatic heterocycles. The largest absolute Gasteiger partial charge is 0.309 e. The maximum Gasteiger partial charge on any atom is 0.0742 e. The van der Waals surface area contributed by atoms with Crippen LogP contribution in [0, 0.1) is 0 Å². The Morgan fingerprint density at radius 2 is 0.474 bits per heavy atom. The van der Waals surface area contributed by atoms with Crippen LogP contribution in [0.25, 0.3) is 22.3 Å².